The van der Waals surface area contributed by atoms with E-state index in [9.17, 15) is 0 Å². The zero-order chi connectivity index (χ0) is 8.27. The maximum Gasteiger partial charge on any atom is 0.154 e. The highest BCUT2D eigenvalue weighted by Crippen LogP contribution is 2.32. The van der Waals surface area contributed by atoms with Gasteiger partial charge in [0.25, 0.3) is 0 Å². The lowest BCUT2D eigenvalue weighted by Gasteiger charge is -2.03. The van der Waals surface area contributed by atoms with Crippen LogP contribution >= 0.6 is 31.9 Å². The van der Waals surface area contributed by atoms with Crippen molar-refractivity contribution in [2.24, 2.45) is 0 Å². The molecular weight excluding hydrogens is 272 g/mol. The van der Waals surface area contributed by atoms with Gasteiger partial charge in [-0.3, -0.25) is 0 Å². The summed E-state index contributed by atoms with van der Waals surface area (Å²) in [7, 11) is 0. The first-order chi connectivity index (χ1) is 5.25. The summed E-state index contributed by atoms with van der Waals surface area (Å²) in [5.74, 6) is 0.752. The van der Waals surface area contributed by atoms with Crippen LogP contribution in [-0.2, 0) is 0 Å². The molecule has 0 bridgehead atoms. The zero-order valence-corrected chi connectivity index (χ0v) is 8.85. The van der Waals surface area contributed by atoms with Gasteiger partial charge in [-0.2, -0.15) is 0 Å². The Bertz CT molecular complexity index is 251. The SMILES string of the molecule is C=COc1c(Br)cccc1Br. The largest absolute Gasteiger partial charge is 0.463 e. The highest BCUT2D eigenvalue weighted by molar-refractivity contribution is 9.11. The lowest BCUT2D eigenvalue weighted by atomic mass is 10.3. The molecule has 0 aliphatic heterocycles. The van der Waals surface area contributed by atoms with Crippen LogP contribution in [0, 0.1) is 0 Å². The predicted molar refractivity (Wildman–Crippen MR) is 52.7 cm³/mol. The van der Waals surface area contributed by atoms with Crippen molar-refractivity contribution in [2.75, 3.05) is 0 Å². The molecule has 0 amide bonds. The van der Waals surface area contributed by atoms with Crippen molar-refractivity contribution in [1.82, 2.24) is 0 Å². The number of ether oxygens (including phenoxy) is 1. The van der Waals surface area contributed by atoms with Crippen molar-refractivity contribution in [3.05, 3.63) is 40.0 Å². The van der Waals surface area contributed by atoms with E-state index in [1.807, 2.05) is 18.2 Å². The fourth-order valence-electron chi connectivity index (χ4n) is 0.678. The minimum Gasteiger partial charge on any atom is -0.463 e. The summed E-state index contributed by atoms with van der Waals surface area (Å²) >= 11 is 6.69. The molecule has 0 aromatic heterocycles. The number of rotatable bonds is 2. The van der Waals surface area contributed by atoms with Gasteiger partial charge < -0.3 is 4.74 Å². The summed E-state index contributed by atoms with van der Waals surface area (Å²) in [4.78, 5) is 0. The topological polar surface area (TPSA) is 9.23 Å². The van der Waals surface area contributed by atoms with Crippen LogP contribution in [-0.4, -0.2) is 0 Å². The molecule has 0 spiro atoms. The second kappa shape index (κ2) is 3.93. The van der Waals surface area contributed by atoms with Crippen LogP contribution in [0.5, 0.6) is 5.75 Å². The third-order valence-corrected chi connectivity index (χ3v) is 2.37. The third-order valence-electron chi connectivity index (χ3n) is 1.12. The summed E-state index contributed by atoms with van der Waals surface area (Å²) in [6, 6.07) is 5.73. The molecule has 1 nitrogen and oxygen atoms in total. The molecule has 58 valence electrons. The molecule has 0 saturated carbocycles. The van der Waals surface area contributed by atoms with Gasteiger partial charge in [-0.25, -0.2) is 0 Å². The molecule has 1 aromatic carbocycles. The quantitative estimate of drug-likeness (QED) is 0.749. The Morgan fingerprint density at radius 2 is 1.82 bits per heavy atom. The van der Waals surface area contributed by atoms with E-state index in [0.29, 0.717) is 0 Å². The van der Waals surface area contributed by atoms with Crippen LogP contribution in [0.25, 0.3) is 0 Å². The van der Waals surface area contributed by atoms with Crippen molar-refractivity contribution >= 4 is 31.9 Å². The van der Waals surface area contributed by atoms with Crippen LogP contribution in [0.1, 0.15) is 0 Å². The number of halogens is 2. The molecule has 0 N–H and O–H groups in total. The summed E-state index contributed by atoms with van der Waals surface area (Å²) in [5.41, 5.74) is 0. The van der Waals surface area contributed by atoms with Gasteiger partial charge in [0.1, 0.15) is 0 Å². The lowest BCUT2D eigenvalue weighted by Crippen LogP contribution is -1.83. The van der Waals surface area contributed by atoms with E-state index in [-0.39, 0.29) is 0 Å². The van der Waals surface area contributed by atoms with E-state index in [1.165, 1.54) is 6.26 Å². The molecule has 0 aliphatic carbocycles. The van der Waals surface area contributed by atoms with Gasteiger partial charge in [0, 0.05) is 0 Å². The van der Waals surface area contributed by atoms with E-state index >= 15 is 0 Å². The summed E-state index contributed by atoms with van der Waals surface area (Å²) in [6.45, 7) is 3.47. The monoisotopic (exact) mass is 276 g/mol. The first-order valence-corrected chi connectivity index (χ1v) is 4.56. The Morgan fingerprint density at radius 3 is 2.27 bits per heavy atom. The molecule has 1 aromatic rings. The first-order valence-electron chi connectivity index (χ1n) is 2.97. The van der Waals surface area contributed by atoms with E-state index in [4.69, 9.17) is 4.74 Å². The molecule has 11 heavy (non-hydrogen) atoms. The minimum atomic E-state index is 0.752. The van der Waals surface area contributed by atoms with Crippen LogP contribution in [0.2, 0.25) is 0 Å². The molecule has 0 heterocycles. The van der Waals surface area contributed by atoms with E-state index in [0.717, 1.165) is 14.7 Å². The van der Waals surface area contributed by atoms with Gasteiger partial charge in [0.15, 0.2) is 5.75 Å². The summed E-state index contributed by atoms with van der Waals surface area (Å²) in [5, 5.41) is 0. The van der Waals surface area contributed by atoms with Gasteiger partial charge in [0.2, 0.25) is 0 Å². The molecule has 0 saturated heterocycles. The maximum absolute atomic E-state index is 5.14. The van der Waals surface area contributed by atoms with E-state index < -0.39 is 0 Å². The van der Waals surface area contributed by atoms with Gasteiger partial charge >= 0.3 is 0 Å². The van der Waals surface area contributed by atoms with Crippen LogP contribution in [0.4, 0.5) is 0 Å². The minimum absolute atomic E-state index is 0.752. The molecular formula is C8H6Br2O. The lowest BCUT2D eigenvalue weighted by molar-refractivity contribution is 0.477. The molecule has 0 unspecified atom stereocenters. The zero-order valence-electron chi connectivity index (χ0n) is 5.68. The highest BCUT2D eigenvalue weighted by Gasteiger charge is 2.02. The smallest absolute Gasteiger partial charge is 0.154 e. The maximum atomic E-state index is 5.14. The van der Waals surface area contributed by atoms with E-state index in [1.54, 1.807) is 0 Å². The van der Waals surface area contributed by atoms with Crippen LogP contribution in [0.15, 0.2) is 40.0 Å². The second-order valence-electron chi connectivity index (χ2n) is 1.84. The van der Waals surface area contributed by atoms with Gasteiger partial charge in [-0.05, 0) is 44.0 Å². The summed E-state index contributed by atoms with van der Waals surface area (Å²) in [6.07, 6.45) is 1.39. The molecule has 0 radical (unpaired) electrons. The fourth-order valence-corrected chi connectivity index (χ4v) is 1.86. The standard InChI is InChI=1S/C8H6Br2O/c1-2-11-8-6(9)4-3-5-7(8)10/h2-5H,1H2. The number of hydrogen-bond donors (Lipinski definition) is 0. The average Bonchev–Trinajstić information content (AvgIpc) is 1.97. The Labute approximate surface area is 82.3 Å². The molecule has 0 fully saturated rings. The predicted octanol–water partition coefficient (Wildman–Crippen LogP) is 3.73. The molecule has 0 aliphatic rings. The first kappa shape index (κ1) is 8.81. The number of hydrogen-bond acceptors (Lipinski definition) is 1. The van der Waals surface area contributed by atoms with Crippen LogP contribution in [0.3, 0.4) is 0 Å². The van der Waals surface area contributed by atoms with Gasteiger partial charge in [-0.1, -0.05) is 12.6 Å². The van der Waals surface area contributed by atoms with Crippen molar-refractivity contribution in [3.63, 3.8) is 0 Å². The Morgan fingerprint density at radius 1 is 1.27 bits per heavy atom. The molecule has 0 atom stereocenters. The van der Waals surface area contributed by atoms with Gasteiger partial charge in [0.05, 0.1) is 15.2 Å². The van der Waals surface area contributed by atoms with Gasteiger partial charge in [-0.15, -0.1) is 0 Å². The van der Waals surface area contributed by atoms with E-state index in [2.05, 4.69) is 38.4 Å². The Balaban J connectivity index is 3.09. The van der Waals surface area contributed by atoms with Crippen LogP contribution < -0.4 is 4.74 Å². The fraction of sp³-hybridized carbons (Fsp3) is 0. The van der Waals surface area contributed by atoms with Crippen molar-refractivity contribution in [2.45, 2.75) is 0 Å². The third kappa shape index (κ3) is 2.07. The average molecular weight is 278 g/mol. The summed E-state index contributed by atoms with van der Waals surface area (Å²) < 4.78 is 6.96. The van der Waals surface area contributed by atoms with Crippen molar-refractivity contribution in [3.8, 4) is 5.75 Å². The Kier molecular flexibility index (Phi) is 3.15. The Hall–Kier alpha value is -0.280. The van der Waals surface area contributed by atoms with Crippen molar-refractivity contribution in [1.29, 1.82) is 0 Å². The normalized spacial score (nSPS) is 9.27. The van der Waals surface area contributed by atoms with Crippen molar-refractivity contribution < 1.29 is 4.74 Å². The number of benzene rings is 1. The number of para-hydroxylation sites is 1. The highest BCUT2D eigenvalue weighted by atomic mass is 79.9. The molecule has 1 rings (SSSR count). The second-order valence-corrected chi connectivity index (χ2v) is 3.54. The molecule has 3 heteroatoms.